The molecule has 3 rings (SSSR count). The number of Topliss-reactive ketones (excluding diaryl/α,β-unsaturated/α-hetero) is 1. The maximum Gasteiger partial charge on any atom is 0.177 e. The van der Waals surface area contributed by atoms with Gasteiger partial charge in [0.05, 0.1) is 18.2 Å². The Morgan fingerprint density at radius 1 is 0.741 bits per heavy atom. The van der Waals surface area contributed by atoms with E-state index in [1.54, 1.807) is 0 Å². The van der Waals surface area contributed by atoms with Crippen LogP contribution in [-0.2, 0) is 10.3 Å². The second-order valence-electron chi connectivity index (χ2n) is 6.35. The minimum atomic E-state index is -0.907. The maximum atomic E-state index is 12.2. The van der Waals surface area contributed by atoms with Gasteiger partial charge in [0.1, 0.15) is 6.61 Å². The number of hydrogen-bond donors (Lipinski definition) is 3. The van der Waals surface area contributed by atoms with Gasteiger partial charge in [0, 0.05) is 0 Å². The molecule has 0 spiro atoms. The van der Waals surface area contributed by atoms with Crippen LogP contribution in [0.15, 0.2) is 91.0 Å². The molecule has 0 aromatic heterocycles. The van der Waals surface area contributed by atoms with Gasteiger partial charge in [-0.1, -0.05) is 91.0 Å². The van der Waals surface area contributed by atoms with Gasteiger partial charge in [-0.05, 0) is 16.7 Å². The van der Waals surface area contributed by atoms with Crippen LogP contribution in [0.5, 0.6) is 0 Å². The summed E-state index contributed by atoms with van der Waals surface area (Å²) in [6.07, 6.45) is 0. The van der Waals surface area contributed by atoms with E-state index in [1.165, 1.54) is 0 Å². The Kier molecular flexibility index (Phi) is 6.14. The zero-order chi connectivity index (χ0) is 19.1. The lowest BCUT2D eigenvalue weighted by atomic mass is 9.76. The van der Waals surface area contributed by atoms with E-state index in [4.69, 9.17) is 0 Å². The first-order chi connectivity index (χ1) is 13.2. The van der Waals surface area contributed by atoms with Crippen molar-refractivity contribution in [2.24, 2.45) is 0 Å². The minimum absolute atomic E-state index is 0.409. The van der Waals surface area contributed by atoms with E-state index >= 15 is 0 Å². The summed E-state index contributed by atoms with van der Waals surface area (Å²) in [4.78, 5) is 12.2. The molecule has 0 saturated heterocycles. The molecule has 3 aromatic carbocycles. The monoisotopic (exact) mass is 361 g/mol. The lowest BCUT2D eigenvalue weighted by Gasteiger charge is -2.39. The fourth-order valence-corrected chi connectivity index (χ4v) is 3.41. The molecule has 0 bridgehead atoms. The summed E-state index contributed by atoms with van der Waals surface area (Å²) in [6, 6.07) is 28.5. The van der Waals surface area contributed by atoms with Crippen molar-refractivity contribution in [3.05, 3.63) is 108 Å². The highest BCUT2D eigenvalue weighted by atomic mass is 16.3. The standard InChI is InChI=1S/C23H23NO3/c25-16-21(22(27)17-26)24-23(18-10-4-1-5-11-18,19-12-6-2-7-13-19)20-14-8-3-9-15-20/h1-15,21,24-26H,16-17H2/t21-/m0/s1. The molecular weight excluding hydrogens is 338 g/mol. The fraction of sp³-hybridized carbons (Fsp3) is 0.174. The van der Waals surface area contributed by atoms with E-state index in [0.717, 1.165) is 16.7 Å². The van der Waals surface area contributed by atoms with Crippen LogP contribution in [0, 0.1) is 0 Å². The molecule has 138 valence electrons. The number of carbonyl (C=O) groups excluding carboxylic acids is 1. The SMILES string of the molecule is O=C(CO)[C@H](CO)NC(c1ccccc1)(c1ccccc1)c1ccccc1. The van der Waals surface area contributed by atoms with Gasteiger partial charge in [0.2, 0.25) is 0 Å². The van der Waals surface area contributed by atoms with Crippen LogP contribution in [0.2, 0.25) is 0 Å². The third-order valence-corrected chi connectivity index (χ3v) is 4.74. The number of carbonyl (C=O) groups is 1. The second kappa shape index (κ2) is 8.73. The lowest BCUT2D eigenvalue weighted by molar-refractivity contribution is -0.125. The topological polar surface area (TPSA) is 69.6 Å². The van der Waals surface area contributed by atoms with E-state index in [0.29, 0.717) is 0 Å². The van der Waals surface area contributed by atoms with Crippen LogP contribution in [0.3, 0.4) is 0 Å². The zero-order valence-electron chi connectivity index (χ0n) is 15.0. The van der Waals surface area contributed by atoms with E-state index in [-0.39, 0.29) is 0 Å². The van der Waals surface area contributed by atoms with Gasteiger partial charge in [-0.3, -0.25) is 10.1 Å². The molecule has 0 heterocycles. The third-order valence-electron chi connectivity index (χ3n) is 4.74. The largest absolute Gasteiger partial charge is 0.394 e. The maximum absolute atomic E-state index is 12.2. The number of nitrogens with one attached hydrogen (secondary N) is 1. The molecule has 0 aliphatic heterocycles. The van der Waals surface area contributed by atoms with E-state index in [2.05, 4.69) is 5.32 Å². The molecule has 0 radical (unpaired) electrons. The Labute approximate surface area is 159 Å². The molecule has 4 nitrogen and oxygen atoms in total. The fourth-order valence-electron chi connectivity index (χ4n) is 3.41. The van der Waals surface area contributed by atoms with Gasteiger partial charge < -0.3 is 10.2 Å². The van der Waals surface area contributed by atoms with E-state index in [1.807, 2.05) is 91.0 Å². The molecule has 3 N–H and O–H groups in total. The molecule has 0 fully saturated rings. The number of aliphatic hydroxyl groups excluding tert-OH is 2. The number of aliphatic hydroxyl groups is 2. The molecule has 0 aliphatic rings. The highest BCUT2D eigenvalue weighted by Gasteiger charge is 2.39. The van der Waals surface area contributed by atoms with Crippen LogP contribution in [0.25, 0.3) is 0 Å². The van der Waals surface area contributed by atoms with E-state index in [9.17, 15) is 15.0 Å². The summed E-state index contributed by atoms with van der Waals surface area (Å²) < 4.78 is 0. The number of ketones is 1. The van der Waals surface area contributed by atoms with Crippen LogP contribution >= 0.6 is 0 Å². The Morgan fingerprint density at radius 2 is 1.11 bits per heavy atom. The highest BCUT2D eigenvalue weighted by Crippen LogP contribution is 2.37. The van der Waals surface area contributed by atoms with Gasteiger partial charge in [0.15, 0.2) is 5.78 Å². The predicted molar refractivity (Wildman–Crippen MR) is 105 cm³/mol. The van der Waals surface area contributed by atoms with Crippen molar-refractivity contribution in [2.75, 3.05) is 13.2 Å². The minimum Gasteiger partial charge on any atom is -0.394 e. The normalized spacial score (nSPS) is 12.5. The van der Waals surface area contributed by atoms with Crippen LogP contribution in [-0.4, -0.2) is 35.3 Å². The van der Waals surface area contributed by atoms with Gasteiger partial charge >= 0.3 is 0 Å². The Hall–Kier alpha value is -2.79. The summed E-state index contributed by atoms with van der Waals surface area (Å²) in [5, 5.41) is 22.5. The average molecular weight is 361 g/mol. The molecule has 0 amide bonds. The second-order valence-corrected chi connectivity index (χ2v) is 6.35. The Morgan fingerprint density at radius 3 is 1.41 bits per heavy atom. The van der Waals surface area contributed by atoms with Crippen molar-refractivity contribution >= 4 is 5.78 Å². The van der Waals surface area contributed by atoms with Crippen LogP contribution in [0.1, 0.15) is 16.7 Å². The molecular formula is C23H23NO3. The number of rotatable bonds is 8. The summed E-state index contributed by atoms with van der Waals surface area (Å²) in [7, 11) is 0. The third kappa shape index (κ3) is 3.83. The molecule has 27 heavy (non-hydrogen) atoms. The lowest BCUT2D eigenvalue weighted by Crippen LogP contribution is -2.54. The van der Waals surface area contributed by atoms with Crippen LogP contribution < -0.4 is 5.32 Å². The first-order valence-electron chi connectivity index (χ1n) is 8.91. The quantitative estimate of drug-likeness (QED) is 0.539. The average Bonchev–Trinajstić information content (AvgIpc) is 2.76. The van der Waals surface area contributed by atoms with Crippen molar-refractivity contribution < 1.29 is 15.0 Å². The molecule has 4 heteroatoms. The number of benzene rings is 3. The predicted octanol–water partition coefficient (Wildman–Crippen LogP) is 2.49. The molecule has 0 saturated carbocycles. The molecule has 3 aromatic rings. The molecule has 0 aliphatic carbocycles. The summed E-state index contributed by atoms with van der Waals surface area (Å²) in [5.74, 6) is -0.454. The Balaban J connectivity index is 2.27. The van der Waals surface area contributed by atoms with Crippen molar-refractivity contribution in [1.29, 1.82) is 0 Å². The molecule has 0 unspecified atom stereocenters. The van der Waals surface area contributed by atoms with Crippen molar-refractivity contribution in [3.63, 3.8) is 0 Å². The molecule has 1 atom stereocenters. The van der Waals surface area contributed by atoms with E-state index < -0.39 is 30.6 Å². The first-order valence-corrected chi connectivity index (χ1v) is 8.91. The van der Waals surface area contributed by atoms with Crippen molar-refractivity contribution in [2.45, 2.75) is 11.6 Å². The summed E-state index contributed by atoms with van der Waals surface area (Å²) >= 11 is 0. The van der Waals surface area contributed by atoms with Gasteiger partial charge in [-0.15, -0.1) is 0 Å². The summed E-state index contributed by atoms with van der Waals surface area (Å²) in [5.41, 5.74) is 1.95. The van der Waals surface area contributed by atoms with Gasteiger partial charge in [0.25, 0.3) is 0 Å². The van der Waals surface area contributed by atoms with Crippen LogP contribution in [0.4, 0.5) is 0 Å². The van der Waals surface area contributed by atoms with Gasteiger partial charge in [-0.25, -0.2) is 0 Å². The highest BCUT2D eigenvalue weighted by molar-refractivity contribution is 5.85. The number of hydrogen-bond acceptors (Lipinski definition) is 4. The Bertz CT molecular complexity index is 754. The summed E-state index contributed by atoms with van der Waals surface area (Å²) in [6.45, 7) is -1.04. The van der Waals surface area contributed by atoms with Crippen molar-refractivity contribution in [3.8, 4) is 0 Å². The van der Waals surface area contributed by atoms with Crippen molar-refractivity contribution in [1.82, 2.24) is 5.32 Å². The van der Waals surface area contributed by atoms with Gasteiger partial charge in [-0.2, -0.15) is 0 Å². The zero-order valence-corrected chi connectivity index (χ0v) is 15.0. The smallest absolute Gasteiger partial charge is 0.177 e. The first kappa shape index (κ1) is 19.0.